The Morgan fingerprint density at radius 1 is 1.08 bits per heavy atom. The van der Waals surface area contributed by atoms with Crippen LogP contribution >= 0.6 is 0 Å². The van der Waals surface area contributed by atoms with Crippen molar-refractivity contribution in [2.75, 3.05) is 23.0 Å². The van der Waals surface area contributed by atoms with E-state index < -0.39 is 9.84 Å². The predicted octanol–water partition coefficient (Wildman–Crippen LogP) is 3.95. The lowest BCUT2D eigenvalue weighted by Crippen LogP contribution is -2.46. The quantitative estimate of drug-likeness (QED) is 0.403. The average Bonchev–Trinajstić information content (AvgIpc) is 3.31. The number of fused-ring (bicyclic) bond motifs is 1. The maximum atomic E-state index is 11.8. The fraction of sp³-hybridized carbons (Fsp3) is 0.423. The molecule has 3 atom stereocenters. The molecule has 37 heavy (non-hydrogen) atoms. The summed E-state index contributed by atoms with van der Waals surface area (Å²) in [6, 6.07) is 3.47. The van der Waals surface area contributed by atoms with Gasteiger partial charge in [0.1, 0.15) is 0 Å². The Balaban J connectivity index is 1.40. The van der Waals surface area contributed by atoms with E-state index in [1.165, 1.54) is 6.07 Å². The molecule has 0 aromatic carbocycles. The molecule has 11 heteroatoms. The number of rotatable bonds is 6. The van der Waals surface area contributed by atoms with E-state index in [4.69, 9.17) is 4.98 Å². The second-order valence-corrected chi connectivity index (χ2v) is 11.7. The predicted molar refractivity (Wildman–Crippen MR) is 143 cm³/mol. The molecule has 5 rings (SSSR count). The zero-order chi connectivity index (χ0) is 26.3. The third-order valence-electron chi connectivity index (χ3n) is 7.45. The van der Waals surface area contributed by atoms with Crippen LogP contribution in [0.4, 0.5) is 17.5 Å². The highest BCUT2D eigenvalue weighted by molar-refractivity contribution is 7.90. The minimum Gasteiger partial charge on any atom is -0.338 e. The first-order chi connectivity index (χ1) is 17.7. The summed E-state index contributed by atoms with van der Waals surface area (Å²) in [5.74, 6) is 2.04. The summed E-state index contributed by atoms with van der Waals surface area (Å²) < 4.78 is 25.8. The summed E-state index contributed by atoms with van der Waals surface area (Å²) in [4.78, 5) is 25.0. The SMILES string of the molecule is CCc1cnc(N2CCC(c3cnc4c(Nc5ccc(S(C)(=O)=O)nc5C)nccn34)C(C)C2C)nc1. The van der Waals surface area contributed by atoms with Gasteiger partial charge in [0.05, 0.1) is 11.4 Å². The van der Waals surface area contributed by atoms with Crippen LogP contribution in [0, 0.1) is 12.8 Å². The van der Waals surface area contributed by atoms with Gasteiger partial charge in [0, 0.05) is 61.4 Å². The van der Waals surface area contributed by atoms with E-state index in [0.717, 1.165) is 42.8 Å². The third kappa shape index (κ3) is 4.75. The lowest BCUT2D eigenvalue weighted by Gasteiger charge is -2.42. The monoisotopic (exact) mass is 520 g/mol. The van der Waals surface area contributed by atoms with Gasteiger partial charge in [-0.25, -0.2) is 33.3 Å². The first-order valence-corrected chi connectivity index (χ1v) is 14.4. The van der Waals surface area contributed by atoms with Gasteiger partial charge in [-0.15, -0.1) is 0 Å². The van der Waals surface area contributed by atoms with Gasteiger partial charge >= 0.3 is 0 Å². The largest absolute Gasteiger partial charge is 0.338 e. The highest BCUT2D eigenvalue weighted by Crippen LogP contribution is 2.38. The molecule has 4 aromatic heterocycles. The van der Waals surface area contributed by atoms with Gasteiger partial charge in [-0.2, -0.15) is 0 Å². The number of imidazole rings is 1. The van der Waals surface area contributed by atoms with Crippen LogP contribution in [0.15, 0.2) is 48.1 Å². The molecule has 0 spiro atoms. The van der Waals surface area contributed by atoms with Gasteiger partial charge in [-0.1, -0.05) is 13.8 Å². The van der Waals surface area contributed by atoms with Crippen LogP contribution in [0.25, 0.3) is 5.65 Å². The average molecular weight is 521 g/mol. The minimum atomic E-state index is -3.38. The molecule has 1 fully saturated rings. The normalized spacial score (nSPS) is 20.4. The van der Waals surface area contributed by atoms with Gasteiger partial charge < -0.3 is 10.2 Å². The van der Waals surface area contributed by atoms with Crippen LogP contribution in [-0.4, -0.2) is 56.6 Å². The van der Waals surface area contributed by atoms with E-state index in [1.807, 2.05) is 24.8 Å². The molecule has 0 radical (unpaired) electrons. The van der Waals surface area contributed by atoms with Crippen molar-refractivity contribution in [1.29, 1.82) is 0 Å². The Kier molecular flexibility index (Phi) is 6.57. The highest BCUT2D eigenvalue weighted by atomic mass is 32.2. The number of hydrogen-bond donors (Lipinski definition) is 1. The smallest absolute Gasteiger partial charge is 0.225 e. The van der Waals surface area contributed by atoms with Gasteiger partial charge in [-0.05, 0) is 50.3 Å². The number of piperidine rings is 1. The molecule has 3 unspecified atom stereocenters. The minimum absolute atomic E-state index is 0.0472. The molecule has 1 aliphatic rings. The summed E-state index contributed by atoms with van der Waals surface area (Å²) in [5.41, 5.74) is 4.25. The molecule has 0 bridgehead atoms. The highest BCUT2D eigenvalue weighted by Gasteiger charge is 2.36. The zero-order valence-electron chi connectivity index (χ0n) is 21.8. The lowest BCUT2D eigenvalue weighted by molar-refractivity contribution is 0.306. The van der Waals surface area contributed by atoms with Crippen LogP contribution in [0.1, 0.15) is 50.1 Å². The Morgan fingerprint density at radius 3 is 2.51 bits per heavy atom. The van der Waals surface area contributed by atoms with Crippen molar-refractivity contribution in [2.24, 2.45) is 5.92 Å². The second kappa shape index (κ2) is 9.70. The number of pyridine rings is 1. The van der Waals surface area contributed by atoms with Crippen molar-refractivity contribution in [3.8, 4) is 0 Å². The van der Waals surface area contributed by atoms with E-state index in [9.17, 15) is 8.42 Å². The number of sulfone groups is 1. The number of nitrogens with one attached hydrogen (secondary N) is 1. The Hall–Kier alpha value is -3.60. The summed E-state index contributed by atoms with van der Waals surface area (Å²) in [7, 11) is -3.38. The van der Waals surface area contributed by atoms with E-state index in [2.05, 4.69) is 55.3 Å². The van der Waals surface area contributed by atoms with Gasteiger partial charge in [-0.3, -0.25) is 4.40 Å². The Labute approximate surface area is 217 Å². The van der Waals surface area contributed by atoms with Crippen LogP contribution in [0.2, 0.25) is 0 Å². The lowest BCUT2D eigenvalue weighted by atomic mass is 9.80. The molecule has 1 saturated heterocycles. The summed E-state index contributed by atoms with van der Waals surface area (Å²) in [6.07, 6.45) is 12.5. The van der Waals surface area contributed by atoms with E-state index in [-0.39, 0.29) is 11.1 Å². The first-order valence-electron chi connectivity index (χ1n) is 12.5. The first kappa shape index (κ1) is 25.1. The summed E-state index contributed by atoms with van der Waals surface area (Å²) >= 11 is 0. The molecule has 4 aromatic rings. The van der Waals surface area contributed by atoms with Crippen molar-refractivity contribution in [3.05, 3.63) is 60.1 Å². The molecule has 194 valence electrons. The van der Waals surface area contributed by atoms with Crippen molar-refractivity contribution in [2.45, 2.75) is 57.5 Å². The van der Waals surface area contributed by atoms with Crippen molar-refractivity contribution >= 4 is 32.9 Å². The number of hydrogen-bond acceptors (Lipinski definition) is 9. The molecule has 0 saturated carbocycles. The van der Waals surface area contributed by atoms with Crippen LogP contribution in [0.3, 0.4) is 0 Å². The van der Waals surface area contributed by atoms with Crippen LogP contribution in [0.5, 0.6) is 0 Å². The molecule has 10 nitrogen and oxygen atoms in total. The number of aryl methyl sites for hydroxylation is 2. The van der Waals surface area contributed by atoms with Gasteiger partial charge in [0.15, 0.2) is 26.3 Å². The molecule has 1 aliphatic heterocycles. The summed E-state index contributed by atoms with van der Waals surface area (Å²) in [6.45, 7) is 9.25. The van der Waals surface area contributed by atoms with E-state index in [0.29, 0.717) is 34.7 Å². The molecular formula is C26H32N8O2S. The topological polar surface area (TPSA) is 118 Å². The molecule has 0 amide bonds. The second-order valence-electron chi connectivity index (χ2n) is 9.77. The summed E-state index contributed by atoms with van der Waals surface area (Å²) in [5, 5.41) is 3.34. The van der Waals surface area contributed by atoms with E-state index in [1.54, 1.807) is 19.2 Å². The fourth-order valence-electron chi connectivity index (χ4n) is 5.05. The third-order valence-corrected chi connectivity index (χ3v) is 8.44. The molecule has 1 N–H and O–H groups in total. The molecular weight excluding hydrogens is 488 g/mol. The molecule has 5 heterocycles. The van der Waals surface area contributed by atoms with Crippen LogP contribution in [-0.2, 0) is 16.3 Å². The van der Waals surface area contributed by atoms with Gasteiger partial charge in [0.25, 0.3) is 0 Å². The number of nitrogens with zero attached hydrogens (tertiary/aromatic N) is 7. The fourth-order valence-corrected chi connectivity index (χ4v) is 5.67. The Bertz CT molecular complexity index is 1530. The van der Waals surface area contributed by atoms with Gasteiger partial charge in [0.2, 0.25) is 5.95 Å². The number of aromatic nitrogens is 6. The zero-order valence-corrected chi connectivity index (χ0v) is 22.6. The van der Waals surface area contributed by atoms with Crippen LogP contribution < -0.4 is 10.2 Å². The maximum absolute atomic E-state index is 11.8. The Morgan fingerprint density at radius 2 is 1.84 bits per heavy atom. The van der Waals surface area contributed by atoms with Crippen molar-refractivity contribution in [1.82, 2.24) is 29.3 Å². The van der Waals surface area contributed by atoms with Crippen molar-refractivity contribution in [3.63, 3.8) is 0 Å². The molecule has 0 aliphatic carbocycles. The van der Waals surface area contributed by atoms with Crippen molar-refractivity contribution < 1.29 is 8.42 Å². The maximum Gasteiger partial charge on any atom is 0.225 e. The number of anilines is 3. The van der Waals surface area contributed by atoms with E-state index >= 15 is 0 Å². The standard InChI is InChI=1S/C26H32N8O2S/c1-6-19-13-29-26(30-14-19)33-11-9-20(16(2)18(33)4)22-15-28-25-24(27-10-12-34(22)25)32-21-7-8-23(31-17(21)3)37(5,35)36/h7-8,10,12-16,18,20H,6,9,11H2,1-5H3,(H,27,32).